The molecular weight excluding hydrogens is 234 g/mol. The van der Waals surface area contributed by atoms with Gasteiger partial charge in [-0.3, -0.25) is 0 Å². The molecule has 1 unspecified atom stereocenters. The second-order valence-corrected chi connectivity index (χ2v) is 7.27. The first-order chi connectivity index (χ1) is 9.02. The van der Waals surface area contributed by atoms with Crippen molar-refractivity contribution >= 4 is 0 Å². The van der Waals surface area contributed by atoms with Crippen molar-refractivity contribution in [3.8, 4) is 0 Å². The molecule has 2 rings (SSSR count). The third-order valence-electron chi connectivity index (χ3n) is 5.19. The van der Waals surface area contributed by atoms with Crippen molar-refractivity contribution in [2.45, 2.75) is 58.0 Å². The molecule has 1 heterocycles. The van der Waals surface area contributed by atoms with E-state index in [0.717, 1.165) is 12.1 Å². The van der Waals surface area contributed by atoms with Crippen LogP contribution in [0.2, 0.25) is 0 Å². The summed E-state index contributed by atoms with van der Waals surface area (Å²) >= 11 is 0. The molecule has 2 aliphatic rings. The Balaban J connectivity index is 1.78. The van der Waals surface area contributed by atoms with E-state index >= 15 is 0 Å². The monoisotopic (exact) mass is 267 g/mol. The molecule has 2 fully saturated rings. The van der Waals surface area contributed by atoms with Crippen molar-refractivity contribution < 1.29 is 0 Å². The smallest absolute Gasteiger partial charge is 0.0117 e. The highest BCUT2D eigenvalue weighted by atomic mass is 15.2. The fourth-order valence-corrected chi connectivity index (χ4v) is 3.14. The zero-order chi connectivity index (χ0) is 13.9. The Morgan fingerprint density at radius 1 is 1.21 bits per heavy atom. The normalized spacial score (nSPS) is 25.7. The molecule has 3 heteroatoms. The lowest BCUT2D eigenvalue weighted by Gasteiger charge is -2.40. The van der Waals surface area contributed by atoms with Crippen LogP contribution in [0.1, 0.15) is 46.0 Å². The van der Waals surface area contributed by atoms with E-state index in [1.54, 1.807) is 0 Å². The van der Waals surface area contributed by atoms with Crippen molar-refractivity contribution in [2.75, 3.05) is 40.3 Å². The van der Waals surface area contributed by atoms with Crippen LogP contribution in [0, 0.1) is 5.41 Å². The lowest BCUT2D eigenvalue weighted by atomic mass is 9.86. The van der Waals surface area contributed by atoms with E-state index in [-0.39, 0.29) is 0 Å². The Labute approximate surface area is 119 Å². The van der Waals surface area contributed by atoms with Crippen LogP contribution in [0.5, 0.6) is 0 Å². The topological polar surface area (TPSA) is 18.5 Å². The summed E-state index contributed by atoms with van der Waals surface area (Å²) in [7, 11) is 4.58. The van der Waals surface area contributed by atoms with Crippen molar-refractivity contribution in [1.82, 2.24) is 15.1 Å². The SMILES string of the molecule is CCC(C)(CNC1CC1)CN(C)C1CCN(C)CC1. The minimum Gasteiger partial charge on any atom is -0.313 e. The van der Waals surface area contributed by atoms with Gasteiger partial charge in [0.05, 0.1) is 0 Å². The third-order valence-corrected chi connectivity index (χ3v) is 5.19. The van der Waals surface area contributed by atoms with E-state index in [1.165, 1.54) is 58.3 Å². The molecule has 112 valence electrons. The maximum atomic E-state index is 3.73. The van der Waals surface area contributed by atoms with Gasteiger partial charge in [0.2, 0.25) is 0 Å². The van der Waals surface area contributed by atoms with Gasteiger partial charge in [-0.15, -0.1) is 0 Å². The summed E-state index contributed by atoms with van der Waals surface area (Å²) in [4.78, 5) is 5.09. The lowest BCUT2D eigenvalue weighted by molar-refractivity contribution is 0.0967. The number of nitrogens with zero attached hydrogens (tertiary/aromatic N) is 2. The summed E-state index contributed by atoms with van der Waals surface area (Å²) in [6.45, 7) is 9.74. The van der Waals surface area contributed by atoms with E-state index in [0.29, 0.717) is 5.41 Å². The maximum Gasteiger partial charge on any atom is 0.0117 e. The molecule has 1 saturated heterocycles. The predicted octanol–water partition coefficient (Wildman–Crippen LogP) is 2.18. The highest BCUT2D eigenvalue weighted by Crippen LogP contribution is 2.27. The van der Waals surface area contributed by atoms with Crippen LogP contribution in [0.15, 0.2) is 0 Å². The van der Waals surface area contributed by atoms with Crippen LogP contribution in [-0.2, 0) is 0 Å². The molecule has 1 aliphatic heterocycles. The molecule has 0 aromatic carbocycles. The van der Waals surface area contributed by atoms with Crippen molar-refractivity contribution in [2.24, 2.45) is 5.41 Å². The minimum absolute atomic E-state index is 0.431. The first kappa shape index (κ1) is 15.3. The predicted molar refractivity (Wildman–Crippen MR) is 82.6 cm³/mol. The molecule has 0 amide bonds. The lowest BCUT2D eigenvalue weighted by Crippen LogP contribution is -2.48. The second-order valence-electron chi connectivity index (χ2n) is 7.27. The van der Waals surface area contributed by atoms with Gasteiger partial charge in [0, 0.05) is 25.2 Å². The average molecular weight is 267 g/mol. The van der Waals surface area contributed by atoms with Gasteiger partial charge < -0.3 is 15.1 Å². The first-order valence-electron chi connectivity index (χ1n) is 8.14. The molecule has 1 N–H and O–H groups in total. The molecule has 0 aromatic rings. The van der Waals surface area contributed by atoms with Crippen LogP contribution >= 0.6 is 0 Å². The third kappa shape index (κ3) is 4.73. The van der Waals surface area contributed by atoms with Gasteiger partial charge in [0.1, 0.15) is 0 Å². The van der Waals surface area contributed by atoms with Gasteiger partial charge in [-0.25, -0.2) is 0 Å². The summed E-state index contributed by atoms with van der Waals surface area (Å²) in [6, 6.07) is 1.63. The van der Waals surface area contributed by atoms with Crippen molar-refractivity contribution in [3.63, 3.8) is 0 Å². The molecule has 3 nitrogen and oxygen atoms in total. The molecule has 0 aromatic heterocycles. The largest absolute Gasteiger partial charge is 0.313 e. The van der Waals surface area contributed by atoms with E-state index in [2.05, 4.69) is 43.1 Å². The van der Waals surface area contributed by atoms with Crippen LogP contribution in [0.4, 0.5) is 0 Å². The minimum atomic E-state index is 0.431. The van der Waals surface area contributed by atoms with E-state index in [4.69, 9.17) is 0 Å². The molecule has 0 bridgehead atoms. The zero-order valence-electron chi connectivity index (χ0n) is 13.4. The number of likely N-dealkylation sites (tertiary alicyclic amines) is 1. The summed E-state index contributed by atoms with van der Waals surface area (Å²) < 4.78 is 0. The molecule has 1 saturated carbocycles. The summed E-state index contributed by atoms with van der Waals surface area (Å²) in [5.74, 6) is 0. The standard InChI is InChI=1S/C16H33N3/c1-5-16(2,12-17-14-6-7-14)13-19(4)15-8-10-18(3)11-9-15/h14-15,17H,5-13H2,1-4H3. The van der Waals surface area contributed by atoms with Gasteiger partial charge in [0.15, 0.2) is 0 Å². The average Bonchev–Trinajstić information content (AvgIpc) is 3.21. The fourth-order valence-electron chi connectivity index (χ4n) is 3.14. The van der Waals surface area contributed by atoms with Crippen molar-refractivity contribution in [3.05, 3.63) is 0 Å². The second kappa shape index (κ2) is 6.55. The number of rotatable bonds is 7. The van der Waals surface area contributed by atoms with E-state index in [1.807, 2.05) is 0 Å². The number of piperidine rings is 1. The number of nitrogens with one attached hydrogen (secondary N) is 1. The number of hydrogen-bond donors (Lipinski definition) is 1. The maximum absolute atomic E-state index is 3.73. The Hall–Kier alpha value is -0.120. The molecular formula is C16H33N3. The van der Waals surface area contributed by atoms with Gasteiger partial charge >= 0.3 is 0 Å². The molecule has 1 atom stereocenters. The van der Waals surface area contributed by atoms with Crippen LogP contribution in [0.3, 0.4) is 0 Å². The first-order valence-corrected chi connectivity index (χ1v) is 8.14. The molecule has 1 aliphatic carbocycles. The van der Waals surface area contributed by atoms with Gasteiger partial charge in [-0.2, -0.15) is 0 Å². The molecule has 0 radical (unpaired) electrons. The zero-order valence-corrected chi connectivity index (χ0v) is 13.4. The quantitative estimate of drug-likeness (QED) is 0.763. The summed E-state index contributed by atoms with van der Waals surface area (Å²) in [5.41, 5.74) is 0.431. The molecule has 0 spiro atoms. The fraction of sp³-hybridized carbons (Fsp3) is 1.00. The number of hydrogen-bond acceptors (Lipinski definition) is 3. The van der Waals surface area contributed by atoms with Crippen LogP contribution in [-0.4, -0.2) is 62.2 Å². The van der Waals surface area contributed by atoms with E-state index < -0.39 is 0 Å². The van der Waals surface area contributed by atoms with Crippen LogP contribution < -0.4 is 5.32 Å². The highest BCUT2D eigenvalue weighted by molar-refractivity contribution is 4.88. The van der Waals surface area contributed by atoms with Crippen molar-refractivity contribution in [1.29, 1.82) is 0 Å². The summed E-state index contributed by atoms with van der Waals surface area (Å²) in [6.07, 6.45) is 6.73. The Bertz CT molecular complexity index is 269. The Kier molecular flexibility index (Phi) is 5.27. The Morgan fingerprint density at radius 2 is 1.84 bits per heavy atom. The Morgan fingerprint density at radius 3 is 2.37 bits per heavy atom. The van der Waals surface area contributed by atoms with E-state index in [9.17, 15) is 0 Å². The van der Waals surface area contributed by atoms with Gasteiger partial charge in [-0.1, -0.05) is 13.8 Å². The molecule has 19 heavy (non-hydrogen) atoms. The highest BCUT2D eigenvalue weighted by Gasteiger charge is 2.30. The van der Waals surface area contributed by atoms with Crippen LogP contribution in [0.25, 0.3) is 0 Å². The van der Waals surface area contributed by atoms with Gasteiger partial charge in [-0.05, 0) is 64.7 Å². The summed E-state index contributed by atoms with van der Waals surface area (Å²) in [5, 5.41) is 3.73. The van der Waals surface area contributed by atoms with Gasteiger partial charge in [0.25, 0.3) is 0 Å².